The summed E-state index contributed by atoms with van der Waals surface area (Å²) in [5.41, 5.74) is 4.76. The van der Waals surface area contributed by atoms with Gasteiger partial charge in [0.25, 0.3) is 0 Å². The summed E-state index contributed by atoms with van der Waals surface area (Å²) in [6.45, 7) is -0.382. The lowest BCUT2D eigenvalue weighted by atomic mass is 10.0. The Bertz CT molecular complexity index is 536. The molecule has 0 amide bonds. The molecule has 0 bridgehead atoms. The van der Waals surface area contributed by atoms with Gasteiger partial charge >= 0.3 is 5.69 Å². The van der Waals surface area contributed by atoms with Crippen molar-refractivity contribution in [2.24, 2.45) is 5.92 Å². The van der Waals surface area contributed by atoms with Crippen LogP contribution in [0.4, 0.5) is 5.82 Å². The van der Waals surface area contributed by atoms with E-state index in [4.69, 9.17) is 22.0 Å². The van der Waals surface area contributed by atoms with Crippen molar-refractivity contribution >= 4 is 5.82 Å². The number of nitrogen functional groups attached to an aromatic ring is 1. The van der Waals surface area contributed by atoms with Gasteiger partial charge in [-0.1, -0.05) is 5.92 Å². The van der Waals surface area contributed by atoms with Crippen LogP contribution in [0.2, 0.25) is 0 Å². The van der Waals surface area contributed by atoms with Gasteiger partial charge in [0.05, 0.1) is 12.5 Å². The lowest BCUT2D eigenvalue weighted by Gasteiger charge is -2.17. The van der Waals surface area contributed by atoms with Crippen LogP contribution < -0.4 is 11.4 Å². The zero-order valence-electron chi connectivity index (χ0n) is 9.43. The number of rotatable bonds is 2. The van der Waals surface area contributed by atoms with Crippen molar-refractivity contribution in [3.8, 4) is 12.3 Å². The highest BCUT2D eigenvalue weighted by Crippen LogP contribution is 2.33. The monoisotopic (exact) mass is 251 g/mol. The Morgan fingerprint density at radius 3 is 2.94 bits per heavy atom. The van der Waals surface area contributed by atoms with Gasteiger partial charge < -0.3 is 20.7 Å². The van der Waals surface area contributed by atoms with Crippen LogP contribution in [0.1, 0.15) is 6.23 Å². The third-order valence-electron chi connectivity index (χ3n) is 2.87. The van der Waals surface area contributed by atoms with E-state index < -0.39 is 30.0 Å². The first-order valence-corrected chi connectivity index (χ1v) is 5.33. The number of nitrogens with two attached hydrogens (primary N) is 1. The van der Waals surface area contributed by atoms with E-state index in [0.717, 1.165) is 4.57 Å². The number of terminal acetylenes is 1. The highest BCUT2D eigenvalue weighted by molar-refractivity contribution is 5.23. The molecule has 18 heavy (non-hydrogen) atoms. The highest BCUT2D eigenvalue weighted by Gasteiger charge is 2.43. The summed E-state index contributed by atoms with van der Waals surface area (Å²) in [5, 5.41) is 18.9. The minimum absolute atomic E-state index is 0.0887. The van der Waals surface area contributed by atoms with Crippen molar-refractivity contribution in [1.29, 1.82) is 0 Å². The van der Waals surface area contributed by atoms with Crippen LogP contribution in [0.3, 0.4) is 0 Å². The fourth-order valence-electron chi connectivity index (χ4n) is 1.93. The molecule has 7 nitrogen and oxygen atoms in total. The summed E-state index contributed by atoms with van der Waals surface area (Å²) in [6.07, 6.45) is 4.00. The Balaban J connectivity index is 2.39. The SMILES string of the molecule is C#CC1C(O)C(CO)OC1n1ccc(N)nc1=O. The van der Waals surface area contributed by atoms with Crippen LogP contribution in [0.5, 0.6) is 0 Å². The van der Waals surface area contributed by atoms with Crippen LogP contribution in [0.15, 0.2) is 17.1 Å². The van der Waals surface area contributed by atoms with Gasteiger partial charge in [-0.05, 0) is 6.07 Å². The first-order valence-electron chi connectivity index (χ1n) is 5.33. The second kappa shape index (κ2) is 4.78. The number of hydrogen-bond acceptors (Lipinski definition) is 6. The molecule has 0 aliphatic carbocycles. The highest BCUT2D eigenvalue weighted by atomic mass is 16.5. The fourth-order valence-corrected chi connectivity index (χ4v) is 1.93. The smallest absolute Gasteiger partial charge is 0.351 e. The minimum Gasteiger partial charge on any atom is -0.394 e. The number of aliphatic hydroxyl groups excluding tert-OH is 2. The van der Waals surface area contributed by atoms with Gasteiger partial charge in [-0.25, -0.2) is 4.79 Å². The van der Waals surface area contributed by atoms with Crippen molar-refractivity contribution < 1.29 is 14.9 Å². The van der Waals surface area contributed by atoms with E-state index in [1.54, 1.807) is 0 Å². The van der Waals surface area contributed by atoms with Gasteiger partial charge in [-0.2, -0.15) is 4.98 Å². The summed E-state index contributed by atoms with van der Waals surface area (Å²) in [5.74, 6) is 1.72. The topological polar surface area (TPSA) is 111 Å². The lowest BCUT2D eigenvalue weighted by Crippen LogP contribution is -2.31. The first kappa shape index (κ1) is 12.6. The van der Waals surface area contributed by atoms with E-state index in [9.17, 15) is 9.90 Å². The molecule has 1 saturated heterocycles. The zero-order valence-corrected chi connectivity index (χ0v) is 9.43. The molecule has 0 aromatic carbocycles. The molecule has 1 aromatic heterocycles. The number of anilines is 1. The molecule has 96 valence electrons. The average Bonchev–Trinajstić information content (AvgIpc) is 2.65. The maximum atomic E-state index is 11.7. The molecule has 1 aliphatic rings. The maximum Gasteiger partial charge on any atom is 0.351 e. The minimum atomic E-state index is -1.03. The third kappa shape index (κ3) is 1.97. The molecule has 0 spiro atoms. The van der Waals surface area contributed by atoms with E-state index in [-0.39, 0.29) is 12.4 Å². The van der Waals surface area contributed by atoms with Crippen LogP contribution in [0, 0.1) is 18.3 Å². The van der Waals surface area contributed by atoms with E-state index in [1.165, 1.54) is 12.3 Å². The third-order valence-corrected chi connectivity index (χ3v) is 2.87. The van der Waals surface area contributed by atoms with Crippen molar-refractivity contribution in [3.63, 3.8) is 0 Å². The van der Waals surface area contributed by atoms with Crippen LogP contribution in [-0.2, 0) is 4.74 Å². The lowest BCUT2D eigenvalue weighted by molar-refractivity contribution is -0.0469. The normalized spacial score (nSPS) is 31.2. The summed E-state index contributed by atoms with van der Waals surface area (Å²) in [6, 6.07) is 1.43. The largest absolute Gasteiger partial charge is 0.394 e. The van der Waals surface area contributed by atoms with Gasteiger partial charge in [-0.15, -0.1) is 6.42 Å². The summed E-state index contributed by atoms with van der Waals surface area (Å²) in [4.78, 5) is 15.2. The van der Waals surface area contributed by atoms with E-state index in [1.807, 2.05) is 0 Å². The van der Waals surface area contributed by atoms with Gasteiger partial charge in [0, 0.05) is 6.20 Å². The van der Waals surface area contributed by atoms with Crippen molar-refractivity contribution in [2.45, 2.75) is 18.4 Å². The van der Waals surface area contributed by atoms with E-state index in [0.29, 0.717) is 0 Å². The number of hydrogen-bond donors (Lipinski definition) is 3. The van der Waals surface area contributed by atoms with Crippen LogP contribution >= 0.6 is 0 Å². The number of aliphatic hydroxyl groups is 2. The Hall–Kier alpha value is -1.88. The maximum absolute atomic E-state index is 11.7. The van der Waals surface area contributed by atoms with Gasteiger partial charge in [0.2, 0.25) is 0 Å². The molecule has 4 atom stereocenters. The predicted molar refractivity (Wildman–Crippen MR) is 62.2 cm³/mol. The Morgan fingerprint density at radius 2 is 2.39 bits per heavy atom. The second-order valence-corrected chi connectivity index (χ2v) is 3.97. The van der Waals surface area contributed by atoms with E-state index in [2.05, 4.69) is 10.9 Å². The van der Waals surface area contributed by atoms with Gasteiger partial charge in [0.1, 0.15) is 18.0 Å². The number of aromatic nitrogens is 2. The molecule has 7 heteroatoms. The molecule has 1 aromatic rings. The molecular formula is C11H13N3O4. The van der Waals surface area contributed by atoms with Crippen molar-refractivity contribution in [3.05, 3.63) is 22.7 Å². The van der Waals surface area contributed by atoms with Crippen molar-refractivity contribution in [2.75, 3.05) is 12.3 Å². The van der Waals surface area contributed by atoms with Crippen LogP contribution in [-0.4, -0.2) is 38.6 Å². The predicted octanol–water partition coefficient (Wildman–Crippen LogP) is -1.67. The van der Waals surface area contributed by atoms with Crippen molar-refractivity contribution in [1.82, 2.24) is 9.55 Å². The fraction of sp³-hybridized carbons (Fsp3) is 0.455. The molecular weight excluding hydrogens is 238 g/mol. The molecule has 0 radical (unpaired) electrons. The van der Waals surface area contributed by atoms with Crippen LogP contribution in [0.25, 0.3) is 0 Å². The number of nitrogens with zero attached hydrogens (tertiary/aromatic N) is 2. The Morgan fingerprint density at radius 1 is 1.67 bits per heavy atom. The summed E-state index contributed by atoms with van der Waals surface area (Å²) in [7, 11) is 0. The van der Waals surface area contributed by atoms with Gasteiger partial charge in [-0.3, -0.25) is 4.57 Å². The molecule has 2 rings (SSSR count). The standard InChI is InChI=1S/C11H13N3O4/c1-2-6-9(16)7(5-15)18-10(6)14-4-3-8(12)13-11(14)17/h1,3-4,6-7,9-10,15-16H,5H2,(H2,12,13,17). The summed E-state index contributed by atoms with van der Waals surface area (Å²) >= 11 is 0. The molecule has 1 aliphatic heterocycles. The van der Waals surface area contributed by atoms with E-state index >= 15 is 0 Å². The average molecular weight is 251 g/mol. The van der Waals surface area contributed by atoms with Gasteiger partial charge in [0.15, 0.2) is 6.23 Å². The molecule has 4 N–H and O–H groups in total. The first-order chi connectivity index (χ1) is 8.58. The molecule has 0 saturated carbocycles. The molecule has 2 heterocycles. The zero-order chi connectivity index (χ0) is 13.3. The summed E-state index contributed by atoms with van der Waals surface area (Å²) < 4.78 is 6.53. The molecule has 4 unspecified atom stereocenters. The molecule has 1 fully saturated rings. The Kier molecular flexibility index (Phi) is 3.34. The Labute approximate surface area is 103 Å². The number of ether oxygens (including phenoxy) is 1. The quantitative estimate of drug-likeness (QED) is 0.542. The second-order valence-electron chi connectivity index (χ2n) is 3.97.